The fourth-order valence-electron chi connectivity index (χ4n) is 3.51. The van der Waals surface area contributed by atoms with E-state index in [1.165, 1.54) is 25.8 Å². The molecule has 2 aliphatic rings. The minimum atomic E-state index is -0.280. The molecule has 2 heterocycles. The SMILES string of the molecule is CC(=O)c1ccc(N2CCC3CCC(C2)N3C)c(F)c1. The summed E-state index contributed by atoms with van der Waals surface area (Å²) in [6.07, 6.45) is 3.55. The van der Waals surface area contributed by atoms with Crippen molar-refractivity contribution < 1.29 is 9.18 Å². The smallest absolute Gasteiger partial charge is 0.159 e. The Morgan fingerprint density at radius 2 is 2.00 bits per heavy atom. The highest BCUT2D eigenvalue weighted by Gasteiger charge is 2.35. The van der Waals surface area contributed by atoms with Crippen LogP contribution in [0.1, 0.15) is 36.5 Å². The van der Waals surface area contributed by atoms with Crippen LogP contribution in [0.25, 0.3) is 0 Å². The molecule has 2 bridgehead atoms. The van der Waals surface area contributed by atoms with Crippen molar-refractivity contribution in [3.05, 3.63) is 29.6 Å². The van der Waals surface area contributed by atoms with Crippen molar-refractivity contribution in [3.8, 4) is 0 Å². The van der Waals surface area contributed by atoms with Crippen LogP contribution < -0.4 is 4.90 Å². The highest BCUT2D eigenvalue weighted by atomic mass is 19.1. The van der Waals surface area contributed by atoms with Gasteiger partial charge in [0.15, 0.2) is 5.78 Å². The summed E-state index contributed by atoms with van der Waals surface area (Å²) < 4.78 is 14.3. The van der Waals surface area contributed by atoms with E-state index in [2.05, 4.69) is 16.8 Å². The number of ketones is 1. The van der Waals surface area contributed by atoms with Gasteiger partial charge in [0.1, 0.15) is 5.82 Å². The van der Waals surface area contributed by atoms with Crippen LogP contribution in [-0.2, 0) is 0 Å². The fourth-order valence-corrected chi connectivity index (χ4v) is 3.51. The number of nitrogens with zero attached hydrogens (tertiary/aromatic N) is 2. The number of hydrogen-bond donors (Lipinski definition) is 0. The summed E-state index contributed by atoms with van der Waals surface area (Å²) in [6, 6.07) is 6.02. The number of carbonyl (C=O) groups is 1. The maximum atomic E-state index is 14.3. The molecule has 20 heavy (non-hydrogen) atoms. The maximum Gasteiger partial charge on any atom is 0.159 e. The van der Waals surface area contributed by atoms with E-state index in [0.29, 0.717) is 23.3 Å². The number of hydrogen-bond acceptors (Lipinski definition) is 3. The number of anilines is 1. The summed E-state index contributed by atoms with van der Waals surface area (Å²) in [7, 11) is 2.18. The highest BCUT2D eigenvalue weighted by molar-refractivity contribution is 5.94. The Balaban J connectivity index is 1.84. The number of fused-ring (bicyclic) bond motifs is 2. The predicted molar refractivity (Wildman–Crippen MR) is 77.8 cm³/mol. The summed E-state index contributed by atoms with van der Waals surface area (Å²) in [5.74, 6) is -0.372. The molecule has 0 saturated carbocycles. The molecule has 0 radical (unpaired) electrons. The Hall–Kier alpha value is -1.42. The minimum Gasteiger partial charge on any atom is -0.368 e. The van der Waals surface area contributed by atoms with Crippen LogP contribution in [0.2, 0.25) is 0 Å². The summed E-state index contributed by atoms with van der Waals surface area (Å²) in [6.45, 7) is 3.24. The highest BCUT2D eigenvalue weighted by Crippen LogP contribution is 2.31. The molecule has 2 aliphatic heterocycles. The lowest BCUT2D eigenvalue weighted by molar-refractivity contribution is 0.101. The third-order valence-electron chi connectivity index (χ3n) is 4.84. The zero-order valence-corrected chi connectivity index (χ0v) is 12.1. The molecule has 2 atom stereocenters. The van der Waals surface area contributed by atoms with E-state index >= 15 is 0 Å². The molecule has 108 valence electrons. The van der Waals surface area contributed by atoms with Crippen molar-refractivity contribution in [2.75, 3.05) is 25.0 Å². The van der Waals surface area contributed by atoms with Crippen molar-refractivity contribution in [2.24, 2.45) is 0 Å². The van der Waals surface area contributed by atoms with Gasteiger partial charge in [0.2, 0.25) is 0 Å². The lowest BCUT2D eigenvalue weighted by Crippen LogP contribution is -2.37. The average molecular weight is 276 g/mol. The van der Waals surface area contributed by atoms with Crippen LogP contribution in [0.15, 0.2) is 18.2 Å². The summed E-state index contributed by atoms with van der Waals surface area (Å²) in [5, 5.41) is 0. The Morgan fingerprint density at radius 3 is 2.70 bits per heavy atom. The molecule has 1 aromatic carbocycles. The number of likely N-dealkylation sites (N-methyl/N-ethyl adjacent to an activating group) is 1. The topological polar surface area (TPSA) is 23.6 Å². The van der Waals surface area contributed by atoms with Gasteiger partial charge in [-0.2, -0.15) is 0 Å². The number of rotatable bonds is 2. The molecule has 3 rings (SSSR count). The van der Waals surface area contributed by atoms with E-state index in [1.807, 2.05) is 0 Å². The Bertz CT molecular complexity index is 531. The van der Waals surface area contributed by atoms with E-state index in [-0.39, 0.29) is 11.6 Å². The average Bonchev–Trinajstić information content (AvgIpc) is 2.64. The maximum absolute atomic E-state index is 14.3. The Morgan fingerprint density at radius 1 is 1.25 bits per heavy atom. The van der Waals surface area contributed by atoms with Gasteiger partial charge in [-0.05, 0) is 51.4 Å². The summed E-state index contributed by atoms with van der Waals surface area (Å²) >= 11 is 0. The van der Waals surface area contributed by atoms with Crippen molar-refractivity contribution in [1.29, 1.82) is 0 Å². The molecule has 2 fully saturated rings. The standard InChI is InChI=1S/C16H21FN2O/c1-11(20)12-3-6-16(15(17)9-12)19-8-7-13-4-5-14(10-19)18(13)2/h3,6,9,13-14H,4-5,7-8,10H2,1-2H3. The van der Waals surface area contributed by atoms with Crippen LogP contribution in [0, 0.1) is 5.82 Å². The van der Waals surface area contributed by atoms with Gasteiger partial charge < -0.3 is 4.90 Å². The van der Waals surface area contributed by atoms with Gasteiger partial charge >= 0.3 is 0 Å². The van der Waals surface area contributed by atoms with Gasteiger partial charge in [0.05, 0.1) is 5.69 Å². The molecule has 2 saturated heterocycles. The lowest BCUT2D eigenvalue weighted by atomic mass is 10.1. The number of carbonyl (C=O) groups excluding carboxylic acids is 1. The van der Waals surface area contributed by atoms with Gasteiger partial charge in [-0.25, -0.2) is 4.39 Å². The van der Waals surface area contributed by atoms with Gasteiger partial charge in [0.25, 0.3) is 0 Å². The van der Waals surface area contributed by atoms with Crippen LogP contribution >= 0.6 is 0 Å². The van der Waals surface area contributed by atoms with Crippen LogP contribution in [0.5, 0.6) is 0 Å². The van der Waals surface area contributed by atoms with Gasteiger partial charge in [0, 0.05) is 30.7 Å². The molecular weight excluding hydrogens is 255 g/mol. The third kappa shape index (κ3) is 2.33. The monoisotopic (exact) mass is 276 g/mol. The first-order valence-electron chi connectivity index (χ1n) is 7.33. The van der Waals surface area contributed by atoms with Gasteiger partial charge in [-0.1, -0.05) is 0 Å². The molecule has 0 aliphatic carbocycles. The zero-order chi connectivity index (χ0) is 14.3. The Labute approximate surface area is 119 Å². The molecule has 0 N–H and O–H groups in total. The van der Waals surface area contributed by atoms with Crippen molar-refractivity contribution in [2.45, 2.75) is 38.3 Å². The quantitative estimate of drug-likeness (QED) is 0.776. The van der Waals surface area contributed by atoms with E-state index < -0.39 is 0 Å². The first-order chi connectivity index (χ1) is 9.56. The molecule has 2 unspecified atom stereocenters. The van der Waals surface area contributed by atoms with Crippen molar-refractivity contribution in [3.63, 3.8) is 0 Å². The van der Waals surface area contributed by atoms with Crippen LogP contribution in [-0.4, -0.2) is 42.9 Å². The second-order valence-corrected chi connectivity index (χ2v) is 6.01. The van der Waals surface area contributed by atoms with Gasteiger partial charge in [-0.15, -0.1) is 0 Å². The molecule has 3 nitrogen and oxygen atoms in total. The normalized spacial score (nSPS) is 26.6. The number of benzene rings is 1. The molecule has 0 amide bonds. The van der Waals surface area contributed by atoms with Crippen molar-refractivity contribution in [1.82, 2.24) is 4.90 Å². The van der Waals surface area contributed by atoms with E-state index in [9.17, 15) is 9.18 Å². The number of halogens is 1. The molecule has 4 heteroatoms. The largest absolute Gasteiger partial charge is 0.368 e. The predicted octanol–water partition coefficient (Wildman–Crippen LogP) is 2.70. The van der Waals surface area contributed by atoms with E-state index in [0.717, 1.165) is 19.5 Å². The summed E-state index contributed by atoms with van der Waals surface area (Å²) in [4.78, 5) is 15.9. The van der Waals surface area contributed by atoms with Gasteiger partial charge in [-0.3, -0.25) is 9.69 Å². The minimum absolute atomic E-state index is 0.0925. The molecule has 0 spiro atoms. The fraction of sp³-hybridized carbons (Fsp3) is 0.562. The molecule has 0 aromatic heterocycles. The first-order valence-corrected chi connectivity index (χ1v) is 7.33. The number of Topliss-reactive ketones (excluding diaryl/α,β-unsaturated/α-hetero) is 1. The molecule has 1 aromatic rings. The summed E-state index contributed by atoms with van der Waals surface area (Å²) in [5.41, 5.74) is 1.08. The zero-order valence-electron chi connectivity index (χ0n) is 12.1. The second kappa shape index (κ2) is 5.17. The van der Waals surface area contributed by atoms with Crippen LogP contribution in [0.4, 0.5) is 10.1 Å². The molecular formula is C16H21FN2O. The van der Waals surface area contributed by atoms with Crippen molar-refractivity contribution >= 4 is 11.5 Å². The van der Waals surface area contributed by atoms with E-state index in [1.54, 1.807) is 12.1 Å². The lowest BCUT2D eigenvalue weighted by Gasteiger charge is -2.28. The van der Waals surface area contributed by atoms with E-state index in [4.69, 9.17) is 0 Å². The second-order valence-electron chi connectivity index (χ2n) is 6.01. The third-order valence-corrected chi connectivity index (χ3v) is 4.84. The first kappa shape index (κ1) is 13.6. The van der Waals surface area contributed by atoms with Crippen LogP contribution in [0.3, 0.4) is 0 Å². The Kier molecular flexibility index (Phi) is 3.50.